The van der Waals surface area contributed by atoms with Crippen molar-refractivity contribution in [2.75, 3.05) is 12.5 Å². The molecule has 100 valence electrons. The fourth-order valence-electron chi connectivity index (χ4n) is 1.73. The van der Waals surface area contributed by atoms with Crippen LogP contribution >= 0.6 is 11.6 Å². The fourth-order valence-corrected chi connectivity index (χ4v) is 1.87. The highest BCUT2D eigenvalue weighted by atomic mass is 35.5. The molecular weight excluding hydrogens is 262 g/mol. The van der Waals surface area contributed by atoms with Crippen LogP contribution in [0.5, 0.6) is 0 Å². The number of hydrogen-bond donors (Lipinski definition) is 0. The van der Waals surface area contributed by atoms with Crippen LogP contribution in [-0.2, 0) is 11.2 Å². The summed E-state index contributed by atoms with van der Waals surface area (Å²) in [5.41, 5.74) is 0.428. The van der Waals surface area contributed by atoms with Crippen molar-refractivity contribution in [3.8, 4) is 0 Å². The zero-order valence-corrected chi connectivity index (χ0v) is 10.8. The average molecular weight is 277 g/mol. The maximum Gasteiger partial charge on any atom is 0.338 e. The summed E-state index contributed by atoms with van der Waals surface area (Å²) in [5.74, 6) is -0.204. The van der Waals surface area contributed by atoms with Crippen LogP contribution < -0.4 is 0 Å². The Morgan fingerprint density at radius 1 is 1.44 bits per heavy atom. The number of carbonyl (C=O) groups excluding carboxylic acids is 1. The number of alkyl halides is 3. The lowest BCUT2D eigenvalue weighted by molar-refractivity contribution is 0.0524. The number of ether oxygens (including phenoxy) is 1. The quantitative estimate of drug-likeness (QED) is 0.580. The van der Waals surface area contributed by atoms with Gasteiger partial charge in [0.05, 0.1) is 12.2 Å². The van der Waals surface area contributed by atoms with E-state index in [2.05, 4.69) is 0 Å². The number of halogens is 3. The Morgan fingerprint density at radius 3 is 2.72 bits per heavy atom. The van der Waals surface area contributed by atoms with E-state index in [9.17, 15) is 13.6 Å². The van der Waals surface area contributed by atoms with Gasteiger partial charge in [-0.05, 0) is 31.4 Å². The van der Waals surface area contributed by atoms with Crippen LogP contribution in [0.2, 0.25) is 0 Å². The first-order chi connectivity index (χ1) is 8.61. The minimum Gasteiger partial charge on any atom is -0.462 e. The lowest BCUT2D eigenvalue weighted by Crippen LogP contribution is -2.10. The Kier molecular flexibility index (Phi) is 6.05. The van der Waals surface area contributed by atoms with Gasteiger partial charge in [-0.15, -0.1) is 11.6 Å². The van der Waals surface area contributed by atoms with Gasteiger partial charge in [-0.3, -0.25) is 0 Å². The van der Waals surface area contributed by atoms with Gasteiger partial charge in [0.2, 0.25) is 0 Å². The van der Waals surface area contributed by atoms with Gasteiger partial charge < -0.3 is 4.74 Å². The highest BCUT2D eigenvalue weighted by molar-refractivity contribution is 6.17. The molecule has 1 aromatic carbocycles. The van der Waals surface area contributed by atoms with Gasteiger partial charge >= 0.3 is 5.97 Å². The van der Waals surface area contributed by atoms with Gasteiger partial charge in [-0.25, -0.2) is 13.6 Å². The Hall–Kier alpha value is -1.16. The molecule has 5 heteroatoms. The molecule has 0 aliphatic heterocycles. The second-order valence-corrected chi connectivity index (χ2v) is 4.07. The van der Waals surface area contributed by atoms with Crippen LogP contribution in [0.3, 0.4) is 0 Å². The first kappa shape index (κ1) is 14.9. The molecule has 0 aliphatic rings. The minimum absolute atomic E-state index is 0.120. The van der Waals surface area contributed by atoms with Crippen molar-refractivity contribution in [1.29, 1.82) is 0 Å². The Morgan fingerprint density at radius 2 is 2.17 bits per heavy atom. The molecule has 0 saturated carbocycles. The Labute approximate surface area is 110 Å². The Balaban J connectivity index is 3.14. The number of benzene rings is 1. The second-order valence-electron chi connectivity index (χ2n) is 3.69. The first-order valence-electron chi connectivity index (χ1n) is 5.74. The summed E-state index contributed by atoms with van der Waals surface area (Å²) in [4.78, 5) is 11.7. The molecule has 0 heterocycles. The molecule has 0 atom stereocenters. The molecule has 1 aromatic rings. The zero-order chi connectivity index (χ0) is 13.5. The maximum atomic E-state index is 12.9. The van der Waals surface area contributed by atoms with Crippen LogP contribution in [0.15, 0.2) is 18.2 Å². The van der Waals surface area contributed by atoms with Crippen molar-refractivity contribution in [2.45, 2.75) is 26.2 Å². The number of hydrogen-bond acceptors (Lipinski definition) is 2. The third-order valence-electron chi connectivity index (χ3n) is 2.50. The van der Waals surface area contributed by atoms with E-state index >= 15 is 0 Å². The number of rotatable bonds is 6. The largest absolute Gasteiger partial charge is 0.462 e. The lowest BCUT2D eigenvalue weighted by atomic mass is 9.97. The van der Waals surface area contributed by atoms with E-state index in [1.54, 1.807) is 6.92 Å². The highest BCUT2D eigenvalue weighted by Gasteiger charge is 2.20. The van der Waals surface area contributed by atoms with Crippen LogP contribution in [-0.4, -0.2) is 18.5 Å². The average Bonchev–Trinajstić information content (AvgIpc) is 2.36. The van der Waals surface area contributed by atoms with Crippen molar-refractivity contribution in [1.82, 2.24) is 0 Å². The van der Waals surface area contributed by atoms with Crippen LogP contribution in [0.25, 0.3) is 0 Å². The molecule has 0 spiro atoms. The van der Waals surface area contributed by atoms with Crippen molar-refractivity contribution in [3.05, 3.63) is 34.9 Å². The summed E-state index contributed by atoms with van der Waals surface area (Å²) in [6.45, 7) is 1.89. The zero-order valence-electron chi connectivity index (χ0n) is 10.1. The summed E-state index contributed by atoms with van der Waals surface area (Å²) < 4.78 is 30.7. The predicted molar refractivity (Wildman–Crippen MR) is 66.4 cm³/mol. The summed E-state index contributed by atoms with van der Waals surface area (Å²) in [7, 11) is 0. The van der Waals surface area contributed by atoms with Crippen molar-refractivity contribution in [3.63, 3.8) is 0 Å². The molecule has 2 nitrogen and oxygen atoms in total. The standard InChI is InChI=1S/C13H15ClF2O2/c1-2-18-13(17)11-6-3-5-10(12(15)16)9(11)7-4-8-14/h3,5-6,12H,2,4,7-8H2,1H3. The molecule has 1 rings (SSSR count). The molecule has 18 heavy (non-hydrogen) atoms. The van der Waals surface area contributed by atoms with E-state index in [-0.39, 0.29) is 17.7 Å². The van der Waals surface area contributed by atoms with Crippen LogP contribution in [0.4, 0.5) is 8.78 Å². The fraction of sp³-hybridized carbons (Fsp3) is 0.462. The summed E-state index contributed by atoms with van der Waals surface area (Å²) in [6, 6.07) is 4.28. The number of esters is 1. The molecule has 0 amide bonds. The SMILES string of the molecule is CCOC(=O)c1cccc(C(F)F)c1CCCCl. The molecule has 0 aromatic heterocycles. The maximum absolute atomic E-state index is 12.9. The van der Waals surface area contributed by atoms with E-state index in [4.69, 9.17) is 16.3 Å². The third-order valence-corrected chi connectivity index (χ3v) is 2.77. The molecule has 0 aliphatic carbocycles. The molecule has 0 N–H and O–H groups in total. The van der Waals surface area contributed by atoms with Gasteiger partial charge in [0.25, 0.3) is 6.43 Å². The van der Waals surface area contributed by atoms with Crippen molar-refractivity contribution < 1.29 is 18.3 Å². The molecule has 0 unspecified atom stereocenters. The Bertz CT molecular complexity index is 408. The summed E-state index contributed by atoms with van der Waals surface area (Å²) >= 11 is 5.57. The van der Waals surface area contributed by atoms with Gasteiger partial charge in [0.1, 0.15) is 0 Å². The summed E-state index contributed by atoms with van der Waals surface area (Å²) in [5, 5.41) is 0. The van der Waals surface area contributed by atoms with Crippen molar-refractivity contribution >= 4 is 17.6 Å². The van der Waals surface area contributed by atoms with Gasteiger partial charge in [-0.1, -0.05) is 12.1 Å². The molecule has 0 bridgehead atoms. The summed E-state index contributed by atoms with van der Waals surface area (Å²) in [6.07, 6.45) is -1.72. The second kappa shape index (κ2) is 7.31. The molecule has 0 fully saturated rings. The van der Waals surface area contributed by atoms with Gasteiger partial charge in [0.15, 0.2) is 0 Å². The van der Waals surface area contributed by atoms with E-state index in [0.717, 1.165) is 0 Å². The lowest BCUT2D eigenvalue weighted by Gasteiger charge is -2.13. The van der Waals surface area contributed by atoms with E-state index in [0.29, 0.717) is 24.3 Å². The van der Waals surface area contributed by atoms with E-state index in [1.165, 1.54) is 18.2 Å². The molecular formula is C13H15ClF2O2. The van der Waals surface area contributed by atoms with E-state index < -0.39 is 12.4 Å². The van der Waals surface area contributed by atoms with E-state index in [1.807, 2.05) is 0 Å². The molecule has 0 radical (unpaired) electrons. The third kappa shape index (κ3) is 3.67. The van der Waals surface area contributed by atoms with Gasteiger partial charge in [0, 0.05) is 11.4 Å². The molecule has 0 saturated heterocycles. The first-order valence-corrected chi connectivity index (χ1v) is 6.28. The van der Waals surface area contributed by atoms with Gasteiger partial charge in [-0.2, -0.15) is 0 Å². The monoisotopic (exact) mass is 276 g/mol. The van der Waals surface area contributed by atoms with Crippen LogP contribution in [0, 0.1) is 0 Å². The highest BCUT2D eigenvalue weighted by Crippen LogP contribution is 2.27. The smallest absolute Gasteiger partial charge is 0.338 e. The van der Waals surface area contributed by atoms with Crippen molar-refractivity contribution in [2.24, 2.45) is 0 Å². The number of carbonyl (C=O) groups is 1. The normalized spacial score (nSPS) is 10.7. The minimum atomic E-state index is -2.61. The predicted octanol–water partition coefficient (Wildman–Crippen LogP) is 3.97. The topological polar surface area (TPSA) is 26.3 Å². The van der Waals surface area contributed by atoms with Crippen LogP contribution in [0.1, 0.15) is 41.3 Å².